The molecule has 4 nitrogen and oxygen atoms in total. The third-order valence-corrected chi connectivity index (χ3v) is 2.68. The Balaban J connectivity index is 1.88. The fourth-order valence-corrected chi connectivity index (χ4v) is 1.58. The fraction of sp³-hybridized carbons (Fsp3) is 0.500. The van der Waals surface area contributed by atoms with Crippen LogP contribution in [-0.4, -0.2) is 17.4 Å². The molecule has 0 radical (unpaired) electrons. The SMILES string of the molecule is Nc1nc(C(=O)NCC2CC2)cs1. The Kier molecular flexibility index (Phi) is 2.18. The van der Waals surface area contributed by atoms with Crippen LogP contribution in [-0.2, 0) is 0 Å². The first kappa shape index (κ1) is 8.50. The summed E-state index contributed by atoms with van der Waals surface area (Å²) in [6.07, 6.45) is 2.47. The smallest absolute Gasteiger partial charge is 0.270 e. The molecule has 0 aliphatic heterocycles. The molecule has 0 bridgehead atoms. The summed E-state index contributed by atoms with van der Waals surface area (Å²) in [5.74, 6) is 0.583. The third-order valence-electron chi connectivity index (χ3n) is 2.00. The van der Waals surface area contributed by atoms with Crippen LogP contribution in [0.4, 0.5) is 5.13 Å². The van der Waals surface area contributed by atoms with Gasteiger partial charge in [-0.25, -0.2) is 4.98 Å². The number of amides is 1. The summed E-state index contributed by atoms with van der Waals surface area (Å²) in [6.45, 7) is 0.774. The van der Waals surface area contributed by atoms with Crippen LogP contribution in [0.2, 0.25) is 0 Å². The van der Waals surface area contributed by atoms with Gasteiger partial charge in [0.1, 0.15) is 5.69 Å². The van der Waals surface area contributed by atoms with E-state index in [0.717, 1.165) is 6.54 Å². The number of nitrogens with zero attached hydrogens (tertiary/aromatic N) is 1. The second-order valence-corrected chi connectivity index (χ2v) is 4.11. The van der Waals surface area contributed by atoms with Crippen molar-refractivity contribution in [1.82, 2.24) is 10.3 Å². The molecule has 1 fully saturated rings. The largest absolute Gasteiger partial charge is 0.375 e. The van der Waals surface area contributed by atoms with Crippen LogP contribution in [0.15, 0.2) is 5.38 Å². The molecular weight excluding hydrogens is 186 g/mol. The highest BCUT2D eigenvalue weighted by molar-refractivity contribution is 7.13. The van der Waals surface area contributed by atoms with Crippen LogP contribution in [0.3, 0.4) is 0 Å². The molecule has 1 aromatic rings. The van der Waals surface area contributed by atoms with Crippen LogP contribution < -0.4 is 11.1 Å². The van der Waals surface area contributed by atoms with Crippen LogP contribution in [0.5, 0.6) is 0 Å². The molecule has 70 valence electrons. The van der Waals surface area contributed by atoms with Gasteiger partial charge in [0.2, 0.25) is 0 Å². The average Bonchev–Trinajstić information content (AvgIpc) is 2.84. The van der Waals surface area contributed by atoms with Crippen molar-refractivity contribution in [2.24, 2.45) is 5.92 Å². The predicted molar refractivity (Wildman–Crippen MR) is 51.6 cm³/mol. The van der Waals surface area contributed by atoms with Gasteiger partial charge in [-0.1, -0.05) is 0 Å². The minimum atomic E-state index is -0.111. The van der Waals surface area contributed by atoms with E-state index in [-0.39, 0.29) is 5.91 Å². The Bertz CT molecular complexity index is 319. The number of nitrogens with two attached hydrogens (primary N) is 1. The maximum atomic E-state index is 11.4. The lowest BCUT2D eigenvalue weighted by atomic mass is 10.4. The molecule has 3 N–H and O–H groups in total. The molecule has 1 saturated carbocycles. The van der Waals surface area contributed by atoms with Crippen LogP contribution in [0.25, 0.3) is 0 Å². The van der Waals surface area contributed by atoms with Gasteiger partial charge in [0.05, 0.1) is 0 Å². The van der Waals surface area contributed by atoms with Crippen molar-refractivity contribution >= 4 is 22.4 Å². The van der Waals surface area contributed by atoms with Crippen molar-refractivity contribution in [3.63, 3.8) is 0 Å². The maximum Gasteiger partial charge on any atom is 0.270 e. The summed E-state index contributed by atoms with van der Waals surface area (Å²) in [5, 5.41) is 4.94. The Labute approximate surface area is 80.2 Å². The molecule has 0 spiro atoms. The lowest BCUT2D eigenvalue weighted by molar-refractivity contribution is 0.0947. The summed E-state index contributed by atoms with van der Waals surface area (Å²) in [7, 11) is 0. The number of anilines is 1. The molecule has 1 heterocycles. The van der Waals surface area contributed by atoms with Gasteiger partial charge in [0.15, 0.2) is 5.13 Å². The summed E-state index contributed by atoms with van der Waals surface area (Å²) >= 11 is 1.29. The highest BCUT2D eigenvalue weighted by Gasteiger charge is 2.22. The number of aromatic nitrogens is 1. The molecule has 1 aliphatic rings. The molecule has 1 aliphatic carbocycles. The molecule has 5 heteroatoms. The Morgan fingerprint density at radius 2 is 2.54 bits per heavy atom. The number of carbonyl (C=O) groups is 1. The van der Waals surface area contributed by atoms with Gasteiger partial charge < -0.3 is 11.1 Å². The van der Waals surface area contributed by atoms with Crippen molar-refractivity contribution in [3.8, 4) is 0 Å². The minimum Gasteiger partial charge on any atom is -0.375 e. The highest BCUT2D eigenvalue weighted by Crippen LogP contribution is 2.27. The first-order chi connectivity index (χ1) is 6.25. The van der Waals surface area contributed by atoms with Gasteiger partial charge in [0.25, 0.3) is 5.91 Å². The van der Waals surface area contributed by atoms with Gasteiger partial charge >= 0.3 is 0 Å². The van der Waals surface area contributed by atoms with Crippen molar-refractivity contribution < 1.29 is 4.79 Å². The molecule has 2 rings (SSSR count). The van der Waals surface area contributed by atoms with Crippen LogP contribution >= 0.6 is 11.3 Å². The summed E-state index contributed by atoms with van der Waals surface area (Å²) in [6, 6.07) is 0. The van der Waals surface area contributed by atoms with Crippen molar-refractivity contribution in [2.75, 3.05) is 12.3 Å². The monoisotopic (exact) mass is 197 g/mol. The average molecular weight is 197 g/mol. The quantitative estimate of drug-likeness (QED) is 0.755. The van der Waals surface area contributed by atoms with E-state index in [1.807, 2.05) is 0 Å². The summed E-state index contributed by atoms with van der Waals surface area (Å²) in [5.41, 5.74) is 5.85. The number of hydrogen-bond acceptors (Lipinski definition) is 4. The van der Waals surface area contributed by atoms with Crippen molar-refractivity contribution in [1.29, 1.82) is 0 Å². The maximum absolute atomic E-state index is 11.4. The van der Waals surface area contributed by atoms with E-state index in [9.17, 15) is 4.79 Å². The van der Waals surface area contributed by atoms with Gasteiger partial charge in [-0.2, -0.15) is 0 Å². The van der Waals surface area contributed by atoms with Crippen LogP contribution in [0.1, 0.15) is 23.3 Å². The summed E-state index contributed by atoms with van der Waals surface area (Å²) < 4.78 is 0. The number of nitrogens with one attached hydrogen (secondary N) is 1. The Morgan fingerprint density at radius 3 is 3.08 bits per heavy atom. The van der Waals surface area contributed by atoms with Gasteiger partial charge in [0, 0.05) is 11.9 Å². The number of carbonyl (C=O) groups excluding carboxylic acids is 1. The number of nitrogen functional groups attached to an aromatic ring is 1. The molecular formula is C8H11N3OS. The van der Waals surface area contributed by atoms with E-state index in [0.29, 0.717) is 16.7 Å². The lowest BCUT2D eigenvalue weighted by Crippen LogP contribution is -2.25. The topological polar surface area (TPSA) is 68.0 Å². The fourth-order valence-electron chi connectivity index (χ4n) is 1.04. The second kappa shape index (κ2) is 3.33. The van der Waals surface area contributed by atoms with Gasteiger partial charge in [-0.3, -0.25) is 4.79 Å². The molecule has 1 amide bonds. The number of thiazole rings is 1. The van der Waals surface area contributed by atoms with Gasteiger partial charge in [-0.15, -0.1) is 11.3 Å². The van der Waals surface area contributed by atoms with Crippen molar-refractivity contribution in [2.45, 2.75) is 12.8 Å². The van der Waals surface area contributed by atoms with E-state index in [1.165, 1.54) is 24.2 Å². The lowest BCUT2D eigenvalue weighted by Gasteiger charge is -1.99. The molecule has 1 aromatic heterocycles. The predicted octanol–water partition coefficient (Wildman–Crippen LogP) is 0.865. The molecule has 13 heavy (non-hydrogen) atoms. The van der Waals surface area contributed by atoms with Crippen molar-refractivity contribution in [3.05, 3.63) is 11.1 Å². The molecule has 0 atom stereocenters. The van der Waals surface area contributed by atoms with Crippen LogP contribution in [0, 0.1) is 5.92 Å². The normalized spacial score (nSPS) is 15.7. The highest BCUT2D eigenvalue weighted by atomic mass is 32.1. The second-order valence-electron chi connectivity index (χ2n) is 3.22. The zero-order valence-electron chi connectivity index (χ0n) is 7.12. The number of hydrogen-bond donors (Lipinski definition) is 2. The first-order valence-corrected chi connectivity index (χ1v) is 5.13. The minimum absolute atomic E-state index is 0.111. The molecule has 0 aromatic carbocycles. The third kappa shape index (κ3) is 2.18. The van der Waals surface area contributed by atoms with Gasteiger partial charge in [-0.05, 0) is 18.8 Å². The van der Waals surface area contributed by atoms with E-state index in [4.69, 9.17) is 5.73 Å². The number of rotatable bonds is 3. The van der Waals surface area contributed by atoms with E-state index in [1.54, 1.807) is 5.38 Å². The van der Waals surface area contributed by atoms with E-state index in [2.05, 4.69) is 10.3 Å². The van der Waals surface area contributed by atoms with E-state index < -0.39 is 0 Å². The first-order valence-electron chi connectivity index (χ1n) is 4.25. The Morgan fingerprint density at radius 1 is 1.77 bits per heavy atom. The Hall–Kier alpha value is -1.10. The zero-order valence-corrected chi connectivity index (χ0v) is 7.93. The zero-order chi connectivity index (χ0) is 9.26. The van der Waals surface area contributed by atoms with E-state index >= 15 is 0 Å². The molecule has 0 saturated heterocycles. The standard InChI is InChI=1S/C8H11N3OS/c9-8-11-6(4-13-8)7(12)10-3-5-1-2-5/h4-5H,1-3H2,(H2,9,11)(H,10,12). The molecule has 0 unspecified atom stereocenters. The summed E-state index contributed by atoms with van der Waals surface area (Å²) in [4.78, 5) is 15.3.